The van der Waals surface area contributed by atoms with Crippen molar-refractivity contribution in [1.82, 2.24) is 5.32 Å². The molecule has 0 fully saturated rings. The molecule has 0 saturated heterocycles. The molecule has 0 aliphatic rings. The van der Waals surface area contributed by atoms with E-state index in [0.717, 1.165) is 5.56 Å². The number of hydrogen-bond donors (Lipinski definition) is 3. The van der Waals surface area contributed by atoms with Gasteiger partial charge in [0.1, 0.15) is 0 Å². The number of aliphatic hydroxyl groups is 2. The van der Waals surface area contributed by atoms with E-state index in [2.05, 4.69) is 12.4 Å². The first-order valence-corrected chi connectivity index (χ1v) is 4.16. The van der Waals surface area contributed by atoms with Crippen LogP contribution in [0.5, 0.6) is 0 Å². The summed E-state index contributed by atoms with van der Waals surface area (Å²) in [6.07, 6.45) is -0.719. The first-order valence-electron chi connectivity index (χ1n) is 4.16. The van der Waals surface area contributed by atoms with Crippen LogP contribution >= 0.6 is 0 Å². The highest BCUT2D eigenvalue weighted by Crippen LogP contribution is 2.15. The van der Waals surface area contributed by atoms with Gasteiger partial charge in [0.2, 0.25) is 0 Å². The zero-order chi connectivity index (χ0) is 9.68. The molecule has 0 amide bonds. The van der Waals surface area contributed by atoms with Gasteiger partial charge in [-0.15, -0.1) is 0 Å². The Morgan fingerprint density at radius 2 is 1.92 bits per heavy atom. The van der Waals surface area contributed by atoms with Crippen molar-refractivity contribution in [3.05, 3.63) is 42.9 Å². The maximum atomic E-state index is 9.72. The summed E-state index contributed by atoms with van der Waals surface area (Å²) in [5.41, 5.74) is 0.776. The number of nitrogens with one attached hydrogen (secondary N) is 1. The zero-order valence-corrected chi connectivity index (χ0v) is 7.35. The maximum Gasteiger partial charge on any atom is 0.0965 e. The van der Waals surface area contributed by atoms with Crippen LogP contribution in [0.4, 0.5) is 0 Å². The first-order chi connectivity index (χ1) is 6.29. The smallest absolute Gasteiger partial charge is 0.0965 e. The van der Waals surface area contributed by atoms with Crippen LogP contribution in [-0.2, 0) is 0 Å². The lowest BCUT2D eigenvalue weighted by atomic mass is 10.0. The molecule has 0 aliphatic carbocycles. The molecule has 0 aliphatic heterocycles. The second-order valence-corrected chi connectivity index (χ2v) is 2.85. The van der Waals surface area contributed by atoms with Crippen molar-refractivity contribution in [2.24, 2.45) is 0 Å². The maximum absolute atomic E-state index is 9.72. The summed E-state index contributed by atoms with van der Waals surface area (Å²) in [4.78, 5) is 0. The molecule has 0 spiro atoms. The van der Waals surface area contributed by atoms with Gasteiger partial charge in [-0.05, 0) is 5.56 Å². The SMILES string of the molecule is [CH2]NC(CO)C(O)c1ccccc1. The molecule has 0 saturated carbocycles. The van der Waals surface area contributed by atoms with E-state index in [0.29, 0.717) is 0 Å². The second-order valence-electron chi connectivity index (χ2n) is 2.85. The van der Waals surface area contributed by atoms with Crippen LogP contribution in [0.25, 0.3) is 0 Å². The van der Waals surface area contributed by atoms with Gasteiger partial charge in [-0.2, -0.15) is 0 Å². The third-order valence-corrected chi connectivity index (χ3v) is 1.98. The second kappa shape index (κ2) is 4.97. The Kier molecular flexibility index (Phi) is 3.89. The number of aliphatic hydroxyl groups excluding tert-OH is 2. The number of rotatable bonds is 4. The molecule has 1 rings (SSSR count). The van der Waals surface area contributed by atoms with E-state index in [1.807, 2.05) is 30.3 Å². The van der Waals surface area contributed by atoms with Crippen molar-refractivity contribution >= 4 is 0 Å². The van der Waals surface area contributed by atoms with Gasteiger partial charge in [0.25, 0.3) is 0 Å². The van der Waals surface area contributed by atoms with Crippen LogP contribution < -0.4 is 5.32 Å². The molecular formula is C10H14NO2. The quantitative estimate of drug-likeness (QED) is 0.631. The van der Waals surface area contributed by atoms with E-state index < -0.39 is 12.1 Å². The molecule has 3 heteroatoms. The van der Waals surface area contributed by atoms with Crippen LogP contribution in [0.15, 0.2) is 30.3 Å². The van der Waals surface area contributed by atoms with E-state index in [1.54, 1.807) is 0 Å². The summed E-state index contributed by atoms with van der Waals surface area (Å²) < 4.78 is 0. The van der Waals surface area contributed by atoms with Gasteiger partial charge < -0.3 is 15.5 Å². The lowest BCUT2D eigenvalue weighted by molar-refractivity contribution is 0.0966. The van der Waals surface area contributed by atoms with Gasteiger partial charge in [-0.25, -0.2) is 0 Å². The molecule has 2 atom stereocenters. The normalized spacial score (nSPS) is 15.3. The first kappa shape index (κ1) is 10.2. The molecule has 3 nitrogen and oxygen atoms in total. The predicted octanol–water partition coefficient (Wildman–Crippen LogP) is 0.462. The third kappa shape index (κ3) is 2.52. The van der Waals surface area contributed by atoms with Crippen LogP contribution in [0.3, 0.4) is 0 Å². The van der Waals surface area contributed by atoms with Crippen LogP contribution in [0.1, 0.15) is 11.7 Å². The number of hydrogen-bond acceptors (Lipinski definition) is 3. The molecular weight excluding hydrogens is 166 g/mol. The Balaban J connectivity index is 2.72. The van der Waals surface area contributed by atoms with E-state index >= 15 is 0 Å². The van der Waals surface area contributed by atoms with Crippen LogP contribution in [0.2, 0.25) is 0 Å². The average molecular weight is 180 g/mol. The Morgan fingerprint density at radius 1 is 1.31 bits per heavy atom. The summed E-state index contributed by atoms with van der Waals surface area (Å²) in [6, 6.07) is 8.77. The van der Waals surface area contributed by atoms with E-state index in [9.17, 15) is 5.11 Å². The van der Waals surface area contributed by atoms with E-state index in [-0.39, 0.29) is 6.61 Å². The molecule has 2 unspecified atom stereocenters. The largest absolute Gasteiger partial charge is 0.395 e. The highest BCUT2D eigenvalue weighted by Gasteiger charge is 2.17. The van der Waals surface area contributed by atoms with Gasteiger partial charge in [0.05, 0.1) is 18.8 Å². The Morgan fingerprint density at radius 3 is 2.38 bits per heavy atom. The summed E-state index contributed by atoms with van der Waals surface area (Å²) in [6.45, 7) is -0.139. The van der Waals surface area contributed by atoms with Gasteiger partial charge in [-0.3, -0.25) is 0 Å². The van der Waals surface area contributed by atoms with Gasteiger partial charge >= 0.3 is 0 Å². The Hall–Kier alpha value is -0.900. The fourth-order valence-electron chi connectivity index (χ4n) is 1.16. The van der Waals surface area contributed by atoms with Crippen molar-refractivity contribution in [2.75, 3.05) is 6.61 Å². The summed E-state index contributed by atoms with van der Waals surface area (Å²) >= 11 is 0. The highest BCUT2D eigenvalue weighted by atomic mass is 16.3. The lowest BCUT2D eigenvalue weighted by Crippen LogP contribution is -2.34. The standard InChI is InChI=1S/C10H14NO2/c1-11-9(7-12)10(13)8-5-3-2-4-6-8/h2-6,9-13H,1,7H2. The monoisotopic (exact) mass is 180 g/mol. The predicted molar refractivity (Wildman–Crippen MR) is 50.8 cm³/mol. The fraction of sp³-hybridized carbons (Fsp3) is 0.300. The summed E-state index contributed by atoms with van der Waals surface area (Å²) in [5.74, 6) is 0. The molecule has 13 heavy (non-hydrogen) atoms. The highest BCUT2D eigenvalue weighted by molar-refractivity contribution is 5.18. The van der Waals surface area contributed by atoms with Crippen molar-refractivity contribution in [3.8, 4) is 0 Å². The van der Waals surface area contributed by atoms with Gasteiger partial charge in [0, 0.05) is 7.05 Å². The minimum atomic E-state index is -0.719. The molecule has 1 aromatic rings. The van der Waals surface area contributed by atoms with Gasteiger partial charge in [-0.1, -0.05) is 30.3 Å². The lowest BCUT2D eigenvalue weighted by Gasteiger charge is -2.20. The molecule has 0 heterocycles. The van der Waals surface area contributed by atoms with Gasteiger partial charge in [0.15, 0.2) is 0 Å². The summed E-state index contributed by atoms with van der Waals surface area (Å²) in [5, 5.41) is 21.2. The molecule has 1 radical (unpaired) electrons. The minimum Gasteiger partial charge on any atom is -0.395 e. The third-order valence-electron chi connectivity index (χ3n) is 1.98. The van der Waals surface area contributed by atoms with E-state index in [4.69, 9.17) is 5.11 Å². The number of benzene rings is 1. The van der Waals surface area contributed by atoms with Crippen molar-refractivity contribution in [2.45, 2.75) is 12.1 Å². The van der Waals surface area contributed by atoms with Crippen LogP contribution in [-0.4, -0.2) is 22.9 Å². The average Bonchev–Trinajstić information content (AvgIpc) is 2.21. The minimum absolute atomic E-state index is 0.139. The Bertz CT molecular complexity index is 234. The molecule has 0 bridgehead atoms. The van der Waals surface area contributed by atoms with Crippen LogP contribution in [0, 0.1) is 7.05 Å². The van der Waals surface area contributed by atoms with Crippen molar-refractivity contribution < 1.29 is 10.2 Å². The zero-order valence-electron chi connectivity index (χ0n) is 7.35. The fourth-order valence-corrected chi connectivity index (χ4v) is 1.16. The van der Waals surface area contributed by atoms with E-state index in [1.165, 1.54) is 0 Å². The van der Waals surface area contributed by atoms with Crippen molar-refractivity contribution in [3.63, 3.8) is 0 Å². The molecule has 0 aromatic heterocycles. The molecule has 71 valence electrons. The molecule has 3 N–H and O–H groups in total. The Labute approximate surface area is 78.0 Å². The topological polar surface area (TPSA) is 52.5 Å². The molecule has 1 aromatic carbocycles. The summed E-state index contributed by atoms with van der Waals surface area (Å²) in [7, 11) is 3.43. The van der Waals surface area contributed by atoms with Crippen molar-refractivity contribution in [1.29, 1.82) is 0 Å².